The summed E-state index contributed by atoms with van der Waals surface area (Å²) < 4.78 is 5.77. The summed E-state index contributed by atoms with van der Waals surface area (Å²) in [5.74, 6) is 1.43. The number of benzene rings is 1. The third kappa shape index (κ3) is 3.59. The molecule has 0 atom stereocenters. The lowest BCUT2D eigenvalue weighted by atomic mass is 10.1. The minimum absolute atomic E-state index is 0.155. The summed E-state index contributed by atoms with van der Waals surface area (Å²) in [5.41, 5.74) is 2.13. The minimum Gasteiger partial charge on any atom is -0.488 e. The summed E-state index contributed by atoms with van der Waals surface area (Å²) in [7, 11) is 0. The maximum absolute atomic E-state index is 5.79. The molecule has 1 aromatic rings. The van der Waals surface area contributed by atoms with Crippen molar-refractivity contribution in [2.75, 3.05) is 0 Å². The molecule has 0 aliphatic heterocycles. The minimum atomic E-state index is -0.155. The van der Waals surface area contributed by atoms with E-state index >= 15 is 0 Å². The number of ether oxygens (including phenoxy) is 1. The van der Waals surface area contributed by atoms with Gasteiger partial charge in [-0.3, -0.25) is 0 Å². The molecule has 2 heteroatoms. The molecule has 14 heavy (non-hydrogen) atoms. The van der Waals surface area contributed by atoms with Crippen molar-refractivity contribution < 1.29 is 4.74 Å². The summed E-state index contributed by atoms with van der Waals surface area (Å²) in [6, 6.07) is 6.09. The predicted molar refractivity (Wildman–Crippen MR) is 61.1 cm³/mol. The van der Waals surface area contributed by atoms with Crippen molar-refractivity contribution in [1.29, 1.82) is 0 Å². The average Bonchev–Trinajstić information content (AvgIpc) is 1.99. The molecule has 1 rings (SSSR count). The van der Waals surface area contributed by atoms with Crippen molar-refractivity contribution in [2.45, 2.75) is 39.2 Å². The normalized spacial score (nSPS) is 11.5. The molecule has 0 N–H and O–H groups in total. The van der Waals surface area contributed by atoms with Crippen LogP contribution in [0.5, 0.6) is 5.75 Å². The first kappa shape index (κ1) is 11.4. The van der Waals surface area contributed by atoms with Crippen molar-refractivity contribution >= 4 is 11.6 Å². The fourth-order valence-electron chi connectivity index (χ4n) is 1.31. The molecule has 0 saturated heterocycles. The molecule has 1 aromatic carbocycles. The maximum atomic E-state index is 5.79. The van der Waals surface area contributed by atoms with E-state index in [9.17, 15) is 0 Å². The zero-order valence-corrected chi connectivity index (χ0v) is 9.98. The SMILES string of the molecule is Cc1cc(CCl)cc(OC(C)(C)C)c1. The third-order valence-corrected chi connectivity index (χ3v) is 2.00. The fourth-order valence-corrected chi connectivity index (χ4v) is 1.47. The molecular formula is C12H17ClO. The lowest BCUT2D eigenvalue weighted by Gasteiger charge is -2.21. The van der Waals surface area contributed by atoms with E-state index in [1.807, 2.05) is 39.8 Å². The van der Waals surface area contributed by atoms with Crippen LogP contribution < -0.4 is 4.74 Å². The number of halogens is 1. The van der Waals surface area contributed by atoms with Gasteiger partial charge in [-0.25, -0.2) is 0 Å². The van der Waals surface area contributed by atoms with Crippen molar-refractivity contribution in [2.24, 2.45) is 0 Å². The van der Waals surface area contributed by atoms with Crippen LogP contribution in [0.4, 0.5) is 0 Å². The number of aryl methyl sites for hydroxylation is 1. The van der Waals surface area contributed by atoms with Crippen molar-refractivity contribution in [3.8, 4) is 5.75 Å². The summed E-state index contributed by atoms with van der Waals surface area (Å²) in [6.07, 6.45) is 0. The summed E-state index contributed by atoms with van der Waals surface area (Å²) in [5, 5.41) is 0. The van der Waals surface area contributed by atoms with Crippen molar-refractivity contribution in [1.82, 2.24) is 0 Å². The van der Waals surface area contributed by atoms with Gasteiger partial charge in [0.25, 0.3) is 0 Å². The molecule has 0 unspecified atom stereocenters. The van der Waals surface area contributed by atoms with E-state index in [0.29, 0.717) is 5.88 Å². The quantitative estimate of drug-likeness (QED) is 0.676. The van der Waals surface area contributed by atoms with Crippen LogP contribution in [0.1, 0.15) is 31.9 Å². The number of alkyl halides is 1. The lowest BCUT2D eigenvalue weighted by Crippen LogP contribution is -2.23. The monoisotopic (exact) mass is 212 g/mol. The van der Waals surface area contributed by atoms with E-state index in [-0.39, 0.29) is 5.60 Å². The van der Waals surface area contributed by atoms with Crippen molar-refractivity contribution in [3.05, 3.63) is 29.3 Å². The standard InChI is InChI=1S/C12H17ClO/c1-9-5-10(8-13)7-11(6-9)14-12(2,3)4/h5-7H,8H2,1-4H3. The summed E-state index contributed by atoms with van der Waals surface area (Å²) in [6.45, 7) is 8.16. The van der Waals surface area contributed by atoms with Gasteiger partial charge in [0.1, 0.15) is 11.4 Å². The van der Waals surface area contributed by atoms with Gasteiger partial charge in [-0.05, 0) is 51.0 Å². The molecule has 78 valence electrons. The van der Waals surface area contributed by atoms with Gasteiger partial charge in [0.15, 0.2) is 0 Å². The van der Waals surface area contributed by atoms with E-state index in [4.69, 9.17) is 16.3 Å². The molecule has 0 aliphatic carbocycles. The van der Waals surface area contributed by atoms with Gasteiger partial charge in [0, 0.05) is 5.88 Å². The number of hydrogen-bond acceptors (Lipinski definition) is 1. The Hall–Kier alpha value is -0.690. The molecule has 0 radical (unpaired) electrons. The number of hydrogen-bond donors (Lipinski definition) is 0. The van der Waals surface area contributed by atoms with Gasteiger partial charge in [-0.15, -0.1) is 11.6 Å². The molecule has 0 bridgehead atoms. The van der Waals surface area contributed by atoms with Gasteiger partial charge in [-0.1, -0.05) is 6.07 Å². The molecule has 1 nitrogen and oxygen atoms in total. The highest BCUT2D eigenvalue weighted by Crippen LogP contribution is 2.22. The van der Waals surface area contributed by atoms with E-state index in [0.717, 1.165) is 11.3 Å². The van der Waals surface area contributed by atoms with Crippen LogP contribution in [0.25, 0.3) is 0 Å². The Kier molecular flexibility index (Phi) is 3.43. The highest BCUT2D eigenvalue weighted by Gasteiger charge is 2.12. The van der Waals surface area contributed by atoms with Crippen LogP contribution in [0, 0.1) is 6.92 Å². The van der Waals surface area contributed by atoms with Crippen molar-refractivity contribution in [3.63, 3.8) is 0 Å². The Morgan fingerprint density at radius 1 is 1.21 bits per heavy atom. The lowest BCUT2D eigenvalue weighted by molar-refractivity contribution is 0.131. The first-order valence-corrected chi connectivity index (χ1v) is 5.30. The molecule has 0 heterocycles. The second-order valence-electron chi connectivity index (χ2n) is 4.50. The molecule has 0 aliphatic rings. The van der Waals surface area contributed by atoms with E-state index in [1.54, 1.807) is 0 Å². The second kappa shape index (κ2) is 4.22. The summed E-state index contributed by atoms with van der Waals surface area (Å²) >= 11 is 5.79. The Balaban J connectivity index is 2.92. The zero-order valence-electron chi connectivity index (χ0n) is 9.23. The van der Waals surface area contributed by atoms with Gasteiger partial charge in [0.05, 0.1) is 0 Å². The van der Waals surface area contributed by atoms with Crippen LogP contribution in [0.2, 0.25) is 0 Å². The highest BCUT2D eigenvalue weighted by molar-refractivity contribution is 6.17. The first-order valence-electron chi connectivity index (χ1n) is 4.76. The second-order valence-corrected chi connectivity index (χ2v) is 4.77. The van der Waals surface area contributed by atoms with Crippen LogP contribution in [0.15, 0.2) is 18.2 Å². The molecule has 0 aromatic heterocycles. The van der Waals surface area contributed by atoms with Gasteiger partial charge < -0.3 is 4.74 Å². The Bertz CT molecular complexity index is 313. The van der Waals surface area contributed by atoms with Crippen LogP contribution in [-0.4, -0.2) is 5.60 Å². The molecule has 0 fully saturated rings. The molecular weight excluding hydrogens is 196 g/mol. The van der Waals surface area contributed by atoms with Gasteiger partial charge in [-0.2, -0.15) is 0 Å². The van der Waals surface area contributed by atoms with Gasteiger partial charge >= 0.3 is 0 Å². The largest absolute Gasteiger partial charge is 0.488 e. The average molecular weight is 213 g/mol. The topological polar surface area (TPSA) is 9.23 Å². The Labute approximate surface area is 91.0 Å². The Morgan fingerprint density at radius 2 is 1.86 bits per heavy atom. The molecule has 0 spiro atoms. The van der Waals surface area contributed by atoms with Gasteiger partial charge in [0.2, 0.25) is 0 Å². The maximum Gasteiger partial charge on any atom is 0.120 e. The van der Waals surface area contributed by atoms with Crippen LogP contribution in [-0.2, 0) is 5.88 Å². The Morgan fingerprint density at radius 3 is 2.36 bits per heavy atom. The van der Waals surface area contributed by atoms with Crippen LogP contribution in [0.3, 0.4) is 0 Å². The van der Waals surface area contributed by atoms with Crippen LogP contribution >= 0.6 is 11.6 Å². The first-order chi connectivity index (χ1) is 6.40. The zero-order chi connectivity index (χ0) is 10.8. The number of rotatable bonds is 2. The van der Waals surface area contributed by atoms with E-state index in [2.05, 4.69) is 6.07 Å². The third-order valence-electron chi connectivity index (χ3n) is 1.69. The predicted octanol–water partition coefficient (Wildman–Crippen LogP) is 3.91. The summed E-state index contributed by atoms with van der Waals surface area (Å²) in [4.78, 5) is 0. The van der Waals surface area contributed by atoms with E-state index in [1.165, 1.54) is 5.56 Å². The molecule has 0 amide bonds. The van der Waals surface area contributed by atoms with E-state index < -0.39 is 0 Å². The highest BCUT2D eigenvalue weighted by atomic mass is 35.5. The fraction of sp³-hybridized carbons (Fsp3) is 0.500. The molecule has 0 saturated carbocycles. The smallest absolute Gasteiger partial charge is 0.120 e.